The van der Waals surface area contributed by atoms with Crippen LogP contribution in [0.15, 0.2) is 30.3 Å². The predicted molar refractivity (Wildman–Crippen MR) is 96.1 cm³/mol. The van der Waals surface area contributed by atoms with E-state index in [1.54, 1.807) is 0 Å². The zero-order valence-corrected chi connectivity index (χ0v) is 15.0. The number of non-ortho nitro benzene ring substituents is 1. The highest BCUT2D eigenvalue weighted by molar-refractivity contribution is 6.34. The third-order valence-electron chi connectivity index (χ3n) is 3.65. The summed E-state index contributed by atoms with van der Waals surface area (Å²) >= 11 is 5.89. The van der Waals surface area contributed by atoms with Gasteiger partial charge in [-0.15, -0.1) is 0 Å². The number of benzene rings is 2. The molecule has 0 aliphatic heterocycles. The summed E-state index contributed by atoms with van der Waals surface area (Å²) in [6.45, 7) is 2.83. The Balaban J connectivity index is 2.09. The van der Waals surface area contributed by atoms with Crippen LogP contribution >= 0.6 is 11.6 Å². The molecule has 0 aromatic heterocycles. The highest BCUT2D eigenvalue weighted by atomic mass is 35.5. The van der Waals surface area contributed by atoms with Crippen LogP contribution in [0.5, 0.6) is 11.5 Å². The monoisotopic (exact) mass is 394 g/mol. The molecule has 0 heterocycles. The fourth-order valence-corrected chi connectivity index (χ4v) is 2.30. The molecule has 2 aromatic rings. The van der Waals surface area contributed by atoms with Crippen LogP contribution in [-0.4, -0.2) is 33.1 Å². The van der Waals surface area contributed by atoms with E-state index in [0.29, 0.717) is 5.56 Å². The zero-order valence-electron chi connectivity index (χ0n) is 14.2. The molecular weight excluding hydrogens is 380 g/mol. The fraction of sp³-hybridized carbons (Fsp3) is 0.176. The molecule has 0 saturated carbocycles. The third kappa shape index (κ3) is 4.45. The number of aromatic hydroxyl groups is 2. The second kappa shape index (κ2) is 7.92. The number of halogens is 1. The summed E-state index contributed by atoms with van der Waals surface area (Å²) in [6.07, 6.45) is -1.27. The Morgan fingerprint density at radius 3 is 2.48 bits per heavy atom. The maximum Gasteiger partial charge on any atom is 0.342 e. The first-order chi connectivity index (χ1) is 12.6. The number of ether oxygens (including phenoxy) is 1. The van der Waals surface area contributed by atoms with Gasteiger partial charge in [-0.2, -0.15) is 0 Å². The second-order valence-electron chi connectivity index (χ2n) is 5.59. The van der Waals surface area contributed by atoms with Crippen LogP contribution in [0.3, 0.4) is 0 Å². The van der Waals surface area contributed by atoms with E-state index in [1.165, 1.54) is 32.0 Å². The van der Waals surface area contributed by atoms with E-state index >= 15 is 0 Å². The van der Waals surface area contributed by atoms with Crippen molar-refractivity contribution >= 4 is 34.9 Å². The van der Waals surface area contributed by atoms with Gasteiger partial charge in [0.1, 0.15) is 5.56 Å². The molecule has 0 radical (unpaired) electrons. The molecular formula is C17H15ClN2O7. The van der Waals surface area contributed by atoms with Gasteiger partial charge in [-0.25, -0.2) is 4.79 Å². The molecule has 2 aromatic carbocycles. The number of nitro benzene ring substituents is 1. The number of rotatable bonds is 5. The molecule has 0 fully saturated rings. The molecule has 3 N–H and O–H groups in total. The normalized spacial score (nSPS) is 11.5. The second-order valence-corrected chi connectivity index (χ2v) is 5.99. The first kappa shape index (κ1) is 20.0. The number of nitro groups is 1. The quantitative estimate of drug-likeness (QED) is 0.306. The van der Waals surface area contributed by atoms with E-state index in [4.69, 9.17) is 16.3 Å². The van der Waals surface area contributed by atoms with Gasteiger partial charge in [0.15, 0.2) is 17.6 Å². The Morgan fingerprint density at radius 2 is 1.89 bits per heavy atom. The van der Waals surface area contributed by atoms with E-state index in [9.17, 15) is 29.9 Å². The molecule has 0 spiro atoms. The van der Waals surface area contributed by atoms with Crippen molar-refractivity contribution in [2.45, 2.75) is 20.0 Å². The molecule has 0 aliphatic rings. The van der Waals surface area contributed by atoms with E-state index in [0.717, 1.165) is 12.1 Å². The van der Waals surface area contributed by atoms with E-state index in [1.807, 2.05) is 0 Å². The maximum atomic E-state index is 12.2. The fourth-order valence-electron chi connectivity index (χ4n) is 2.08. The standard InChI is InChI=1S/C17H15ClN2O7/c1-8-3-5-11(15(22)14(8)21)17(24)27-9(2)16(23)19-13-6-4-10(20(25)26)7-12(13)18/h3-7,9,21-22H,1-2H3,(H,19,23). The lowest BCUT2D eigenvalue weighted by Crippen LogP contribution is -2.30. The van der Waals surface area contributed by atoms with Crippen molar-refractivity contribution < 1.29 is 29.5 Å². The Labute approximate surface area is 158 Å². The number of hydrogen-bond acceptors (Lipinski definition) is 7. The van der Waals surface area contributed by atoms with E-state index < -0.39 is 34.4 Å². The van der Waals surface area contributed by atoms with Crippen LogP contribution in [-0.2, 0) is 9.53 Å². The van der Waals surface area contributed by atoms with Gasteiger partial charge >= 0.3 is 5.97 Å². The molecule has 0 saturated heterocycles. The number of anilines is 1. The van der Waals surface area contributed by atoms with Gasteiger partial charge in [0.2, 0.25) is 0 Å². The first-order valence-corrected chi connectivity index (χ1v) is 7.97. The van der Waals surface area contributed by atoms with Crippen molar-refractivity contribution in [3.63, 3.8) is 0 Å². The van der Waals surface area contributed by atoms with Gasteiger partial charge < -0.3 is 20.3 Å². The Bertz CT molecular complexity index is 930. The van der Waals surface area contributed by atoms with E-state index in [2.05, 4.69) is 5.32 Å². The largest absolute Gasteiger partial charge is 0.504 e. The van der Waals surface area contributed by atoms with Gasteiger partial charge in [0, 0.05) is 12.1 Å². The molecule has 1 atom stereocenters. The van der Waals surface area contributed by atoms with E-state index in [-0.39, 0.29) is 22.0 Å². The minimum atomic E-state index is -1.27. The van der Waals surface area contributed by atoms with Gasteiger partial charge in [-0.05, 0) is 31.5 Å². The van der Waals surface area contributed by atoms with Crippen molar-refractivity contribution in [3.05, 3.63) is 56.6 Å². The molecule has 142 valence electrons. The number of phenols is 2. The average Bonchev–Trinajstić information content (AvgIpc) is 2.61. The summed E-state index contributed by atoms with van der Waals surface area (Å²) in [4.78, 5) is 34.3. The molecule has 0 bridgehead atoms. The zero-order chi connectivity index (χ0) is 20.3. The summed E-state index contributed by atoms with van der Waals surface area (Å²) in [5.74, 6) is -2.86. The van der Waals surface area contributed by atoms with Crippen LogP contribution in [0, 0.1) is 17.0 Å². The van der Waals surface area contributed by atoms with Crippen molar-refractivity contribution in [1.82, 2.24) is 0 Å². The predicted octanol–water partition coefficient (Wildman–Crippen LogP) is 3.15. The molecule has 0 aliphatic carbocycles. The SMILES string of the molecule is Cc1ccc(C(=O)OC(C)C(=O)Nc2ccc([N+](=O)[O-])cc2Cl)c(O)c1O. The van der Waals surface area contributed by atoms with Crippen molar-refractivity contribution in [1.29, 1.82) is 0 Å². The molecule has 10 heteroatoms. The maximum absolute atomic E-state index is 12.2. The van der Waals surface area contributed by atoms with Gasteiger partial charge in [0.25, 0.3) is 11.6 Å². The lowest BCUT2D eigenvalue weighted by molar-refractivity contribution is -0.384. The van der Waals surface area contributed by atoms with Crippen molar-refractivity contribution in [2.24, 2.45) is 0 Å². The summed E-state index contributed by atoms with van der Waals surface area (Å²) < 4.78 is 4.97. The lowest BCUT2D eigenvalue weighted by Gasteiger charge is -2.15. The van der Waals surface area contributed by atoms with Crippen molar-refractivity contribution in [3.8, 4) is 11.5 Å². The topological polar surface area (TPSA) is 139 Å². The van der Waals surface area contributed by atoms with Gasteiger partial charge in [-0.3, -0.25) is 14.9 Å². The van der Waals surface area contributed by atoms with Gasteiger partial charge in [-0.1, -0.05) is 17.7 Å². The molecule has 2 rings (SSSR count). The number of carbonyl (C=O) groups excluding carboxylic acids is 2. The summed E-state index contributed by atoms with van der Waals surface area (Å²) in [6, 6.07) is 6.14. The molecule has 1 unspecified atom stereocenters. The first-order valence-electron chi connectivity index (χ1n) is 7.59. The summed E-state index contributed by atoms with van der Waals surface area (Å²) in [5.41, 5.74) is -0.0769. The number of carbonyl (C=O) groups is 2. The smallest absolute Gasteiger partial charge is 0.342 e. The number of nitrogens with one attached hydrogen (secondary N) is 1. The molecule has 9 nitrogen and oxygen atoms in total. The number of aryl methyl sites for hydroxylation is 1. The van der Waals surface area contributed by atoms with Crippen LogP contribution in [0.4, 0.5) is 11.4 Å². The number of phenolic OH excluding ortho intramolecular Hbond substituents is 2. The van der Waals surface area contributed by atoms with Gasteiger partial charge in [0.05, 0.1) is 15.6 Å². The van der Waals surface area contributed by atoms with Crippen LogP contribution < -0.4 is 5.32 Å². The summed E-state index contributed by atoms with van der Waals surface area (Å²) in [5, 5.41) is 32.5. The number of hydrogen-bond donors (Lipinski definition) is 3. The van der Waals surface area contributed by atoms with Crippen molar-refractivity contribution in [2.75, 3.05) is 5.32 Å². The van der Waals surface area contributed by atoms with Crippen LogP contribution in [0.1, 0.15) is 22.8 Å². The third-order valence-corrected chi connectivity index (χ3v) is 3.96. The summed E-state index contributed by atoms with van der Waals surface area (Å²) in [7, 11) is 0. The van der Waals surface area contributed by atoms with Crippen LogP contribution in [0.2, 0.25) is 5.02 Å². The Kier molecular flexibility index (Phi) is 5.86. The Morgan fingerprint density at radius 1 is 1.22 bits per heavy atom. The number of esters is 1. The minimum Gasteiger partial charge on any atom is -0.504 e. The minimum absolute atomic E-state index is 0.0582. The molecule has 27 heavy (non-hydrogen) atoms. The Hall–Kier alpha value is -3.33. The average molecular weight is 395 g/mol. The lowest BCUT2D eigenvalue weighted by atomic mass is 10.1. The number of nitrogens with zero attached hydrogens (tertiary/aromatic N) is 1. The molecule has 1 amide bonds. The highest BCUT2D eigenvalue weighted by Gasteiger charge is 2.23. The highest BCUT2D eigenvalue weighted by Crippen LogP contribution is 2.32. The van der Waals surface area contributed by atoms with Crippen LogP contribution in [0.25, 0.3) is 0 Å². The number of amides is 1.